The molecule has 2 aromatic carbocycles. The van der Waals surface area contributed by atoms with Gasteiger partial charge in [-0.2, -0.15) is 0 Å². The first kappa shape index (κ1) is 15.1. The second-order valence-corrected chi connectivity index (χ2v) is 8.30. The van der Waals surface area contributed by atoms with Gasteiger partial charge >= 0.3 is 147 Å². The second-order valence-electron chi connectivity index (χ2n) is 6.16. The molecule has 0 unspecified atom stereocenters. The molecule has 24 heavy (non-hydrogen) atoms. The van der Waals surface area contributed by atoms with Crippen LogP contribution in [0.1, 0.15) is 16.7 Å². The van der Waals surface area contributed by atoms with Crippen molar-refractivity contribution in [1.82, 2.24) is 0 Å². The second kappa shape index (κ2) is 5.60. The zero-order valence-electron chi connectivity index (χ0n) is 13.9. The summed E-state index contributed by atoms with van der Waals surface area (Å²) in [7, 11) is 2.10. The predicted octanol–water partition coefficient (Wildman–Crippen LogP) is 4.03. The molecule has 0 radical (unpaired) electrons. The van der Waals surface area contributed by atoms with E-state index in [0.29, 0.717) is 0 Å². The Morgan fingerprint density at radius 1 is 0.958 bits per heavy atom. The molecule has 2 heterocycles. The Kier molecular flexibility index (Phi) is 3.53. The summed E-state index contributed by atoms with van der Waals surface area (Å²) >= 11 is 0.228. The molecule has 0 amide bonds. The Balaban J connectivity index is 2.17. The minimum atomic E-state index is 0.228. The van der Waals surface area contributed by atoms with Crippen LogP contribution < -0.4 is 4.57 Å². The van der Waals surface area contributed by atoms with Crippen molar-refractivity contribution in [3.8, 4) is 17.3 Å². The van der Waals surface area contributed by atoms with E-state index in [2.05, 4.69) is 74.1 Å². The third-order valence-electron chi connectivity index (χ3n) is 4.70. The van der Waals surface area contributed by atoms with Crippen molar-refractivity contribution in [1.29, 1.82) is 5.26 Å². The molecule has 116 valence electrons. The van der Waals surface area contributed by atoms with Crippen LogP contribution in [0, 0.1) is 25.2 Å². The number of fused-ring (bicyclic) bond motifs is 3. The van der Waals surface area contributed by atoms with Gasteiger partial charge in [0, 0.05) is 0 Å². The van der Waals surface area contributed by atoms with Crippen molar-refractivity contribution in [2.45, 2.75) is 13.8 Å². The van der Waals surface area contributed by atoms with E-state index in [1.165, 1.54) is 36.1 Å². The summed E-state index contributed by atoms with van der Waals surface area (Å²) in [5.74, 6) is 0. The Labute approximate surface area is 147 Å². The molecular weight excluding hydrogens is 359 g/mol. The van der Waals surface area contributed by atoms with Gasteiger partial charge < -0.3 is 0 Å². The minimum absolute atomic E-state index is 0.228. The summed E-state index contributed by atoms with van der Waals surface area (Å²) in [6, 6.07) is 17.2. The first-order valence-corrected chi connectivity index (χ1v) is 9.63. The Morgan fingerprint density at radius 3 is 2.46 bits per heavy atom. The van der Waals surface area contributed by atoms with E-state index < -0.39 is 0 Å². The molecule has 4 rings (SSSR count). The summed E-state index contributed by atoms with van der Waals surface area (Å²) in [6.07, 6.45) is 2.10. The van der Waals surface area contributed by atoms with E-state index in [1.807, 2.05) is 6.07 Å². The SMILES string of the molecule is Cc1ccc2c([se]c3c(C)c(C#N)ccc32)c1-c1cccc[n+]1C. The maximum atomic E-state index is 9.33. The van der Waals surface area contributed by atoms with Crippen LogP contribution in [0.3, 0.4) is 0 Å². The van der Waals surface area contributed by atoms with Crippen molar-refractivity contribution < 1.29 is 4.57 Å². The monoisotopic (exact) mass is 377 g/mol. The fourth-order valence-corrected chi connectivity index (χ4v) is 6.32. The standard InChI is InChI=1S/C21H17N2Se/c1-13-7-9-17-16-10-8-15(12-22)14(2)20(16)24-21(17)19(13)18-6-4-5-11-23(18)3/h4-11H,1-3H3/q+1. The molecule has 0 aliphatic rings. The molecule has 0 N–H and O–H groups in total. The summed E-state index contributed by atoms with van der Waals surface area (Å²) in [4.78, 5) is 0. The van der Waals surface area contributed by atoms with Crippen LogP contribution >= 0.6 is 0 Å². The fourth-order valence-electron chi connectivity index (χ4n) is 3.36. The molecule has 0 aliphatic heterocycles. The van der Waals surface area contributed by atoms with Gasteiger partial charge in [-0.3, -0.25) is 0 Å². The molecule has 0 aliphatic carbocycles. The maximum absolute atomic E-state index is 9.33. The number of pyridine rings is 1. The third-order valence-corrected chi connectivity index (χ3v) is 7.55. The number of aryl methyl sites for hydroxylation is 3. The Bertz CT molecular complexity index is 1150. The number of aromatic nitrogens is 1. The molecule has 0 spiro atoms. The normalized spacial score (nSPS) is 11.1. The number of nitrogens with zero attached hydrogens (tertiary/aromatic N) is 2. The number of rotatable bonds is 1. The fraction of sp³-hybridized carbons (Fsp3) is 0.143. The van der Waals surface area contributed by atoms with E-state index in [4.69, 9.17) is 0 Å². The molecule has 3 heteroatoms. The van der Waals surface area contributed by atoms with Gasteiger partial charge in [-0.25, -0.2) is 0 Å². The van der Waals surface area contributed by atoms with Crippen molar-refractivity contribution in [3.05, 3.63) is 65.4 Å². The van der Waals surface area contributed by atoms with E-state index in [1.54, 1.807) is 0 Å². The van der Waals surface area contributed by atoms with Crippen LogP contribution in [0.4, 0.5) is 0 Å². The Morgan fingerprint density at radius 2 is 1.71 bits per heavy atom. The van der Waals surface area contributed by atoms with Crippen LogP contribution in [0.5, 0.6) is 0 Å². The molecule has 4 aromatic rings. The van der Waals surface area contributed by atoms with Crippen molar-refractivity contribution >= 4 is 33.8 Å². The summed E-state index contributed by atoms with van der Waals surface area (Å²) in [6.45, 7) is 4.27. The molecule has 0 saturated carbocycles. The van der Waals surface area contributed by atoms with Gasteiger partial charge in [-0.1, -0.05) is 0 Å². The van der Waals surface area contributed by atoms with E-state index >= 15 is 0 Å². The van der Waals surface area contributed by atoms with Crippen molar-refractivity contribution in [2.75, 3.05) is 0 Å². The van der Waals surface area contributed by atoms with Gasteiger partial charge in [-0.05, 0) is 0 Å². The zero-order chi connectivity index (χ0) is 16.8. The Hall–Kier alpha value is -2.40. The van der Waals surface area contributed by atoms with Crippen LogP contribution in [0.25, 0.3) is 30.6 Å². The quantitative estimate of drug-likeness (QED) is 0.364. The third kappa shape index (κ3) is 2.12. The van der Waals surface area contributed by atoms with Gasteiger partial charge in [0.15, 0.2) is 0 Å². The van der Waals surface area contributed by atoms with Crippen LogP contribution in [-0.2, 0) is 7.05 Å². The first-order chi connectivity index (χ1) is 11.6. The van der Waals surface area contributed by atoms with E-state index in [0.717, 1.165) is 11.1 Å². The molecule has 0 atom stereocenters. The molecular formula is C21H17N2Se+. The van der Waals surface area contributed by atoms with E-state index in [-0.39, 0.29) is 14.5 Å². The van der Waals surface area contributed by atoms with Gasteiger partial charge in [0.05, 0.1) is 0 Å². The van der Waals surface area contributed by atoms with Crippen LogP contribution in [-0.4, -0.2) is 14.5 Å². The number of hydrogen-bond acceptors (Lipinski definition) is 1. The average Bonchev–Trinajstić information content (AvgIpc) is 2.96. The molecule has 0 saturated heterocycles. The average molecular weight is 376 g/mol. The first-order valence-electron chi connectivity index (χ1n) is 7.92. The number of benzene rings is 2. The van der Waals surface area contributed by atoms with Gasteiger partial charge in [-0.15, -0.1) is 0 Å². The number of hydrogen-bond donors (Lipinski definition) is 0. The van der Waals surface area contributed by atoms with Crippen LogP contribution in [0.2, 0.25) is 0 Å². The van der Waals surface area contributed by atoms with E-state index in [9.17, 15) is 5.26 Å². The van der Waals surface area contributed by atoms with Gasteiger partial charge in [0.1, 0.15) is 0 Å². The number of nitriles is 1. The molecule has 2 aromatic heterocycles. The van der Waals surface area contributed by atoms with Crippen molar-refractivity contribution in [3.63, 3.8) is 0 Å². The summed E-state index contributed by atoms with van der Waals surface area (Å²) in [5, 5.41) is 12.0. The molecule has 2 nitrogen and oxygen atoms in total. The van der Waals surface area contributed by atoms with Crippen molar-refractivity contribution in [2.24, 2.45) is 7.05 Å². The van der Waals surface area contributed by atoms with Gasteiger partial charge in [0.25, 0.3) is 0 Å². The van der Waals surface area contributed by atoms with Gasteiger partial charge in [0.2, 0.25) is 0 Å². The zero-order valence-corrected chi connectivity index (χ0v) is 15.6. The summed E-state index contributed by atoms with van der Waals surface area (Å²) in [5.41, 5.74) is 5.85. The molecule has 0 fully saturated rings. The topological polar surface area (TPSA) is 27.7 Å². The molecule has 0 bridgehead atoms. The predicted molar refractivity (Wildman–Crippen MR) is 99.2 cm³/mol. The van der Waals surface area contributed by atoms with Crippen LogP contribution in [0.15, 0.2) is 48.7 Å². The summed E-state index contributed by atoms with van der Waals surface area (Å²) < 4.78 is 4.99.